The molecule has 98 valence electrons. The van der Waals surface area contributed by atoms with Gasteiger partial charge in [-0.25, -0.2) is 0 Å². The number of amides is 1. The molecule has 1 aromatic carbocycles. The first-order valence-corrected chi connectivity index (χ1v) is 6.48. The van der Waals surface area contributed by atoms with E-state index in [1.165, 1.54) is 0 Å². The van der Waals surface area contributed by atoms with Crippen LogP contribution in [-0.4, -0.2) is 37.0 Å². The van der Waals surface area contributed by atoms with Gasteiger partial charge >= 0.3 is 0 Å². The van der Waals surface area contributed by atoms with Crippen LogP contribution in [-0.2, 0) is 0 Å². The molecule has 1 fully saturated rings. The van der Waals surface area contributed by atoms with E-state index in [0.717, 1.165) is 25.9 Å². The smallest absolute Gasteiger partial charge is 0.253 e. The third kappa shape index (κ3) is 3.15. The van der Waals surface area contributed by atoms with Crippen LogP contribution in [0.1, 0.15) is 23.2 Å². The molecule has 1 amide bonds. The molecule has 0 bridgehead atoms. The third-order valence-corrected chi connectivity index (χ3v) is 3.51. The first-order chi connectivity index (χ1) is 8.56. The molecule has 0 aliphatic carbocycles. The maximum absolute atomic E-state index is 12.1. The van der Waals surface area contributed by atoms with E-state index in [2.05, 4.69) is 17.3 Å². The zero-order valence-corrected chi connectivity index (χ0v) is 11.2. The van der Waals surface area contributed by atoms with Crippen LogP contribution in [0.3, 0.4) is 0 Å². The summed E-state index contributed by atoms with van der Waals surface area (Å²) in [6, 6.07) is 5.15. The van der Waals surface area contributed by atoms with E-state index in [1.54, 1.807) is 18.2 Å². The van der Waals surface area contributed by atoms with E-state index in [9.17, 15) is 4.79 Å². The fourth-order valence-electron chi connectivity index (χ4n) is 2.26. The average molecular weight is 268 g/mol. The molecule has 1 aromatic rings. The molecule has 1 aliphatic rings. The second kappa shape index (κ2) is 5.59. The fourth-order valence-corrected chi connectivity index (χ4v) is 2.54. The van der Waals surface area contributed by atoms with Crippen LogP contribution in [0.5, 0.6) is 0 Å². The maximum Gasteiger partial charge on any atom is 0.253 e. The lowest BCUT2D eigenvalue weighted by Gasteiger charge is -2.30. The Balaban J connectivity index is 2.03. The monoisotopic (exact) mass is 267 g/mol. The molecular formula is C13H18ClN3O. The summed E-state index contributed by atoms with van der Waals surface area (Å²) in [7, 11) is 2.06. The van der Waals surface area contributed by atoms with Gasteiger partial charge in [0.1, 0.15) is 0 Å². The molecule has 1 unspecified atom stereocenters. The Morgan fingerprint density at radius 2 is 2.33 bits per heavy atom. The Labute approximate surface area is 112 Å². The van der Waals surface area contributed by atoms with Crippen LogP contribution in [0.15, 0.2) is 18.2 Å². The minimum Gasteiger partial charge on any atom is -0.399 e. The Hall–Kier alpha value is -1.26. The Morgan fingerprint density at radius 3 is 3.00 bits per heavy atom. The zero-order valence-electron chi connectivity index (χ0n) is 10.4. The van der Waals surface area contributed by atoms with Gasteiger partial charge in [-0.1, -0.05) is 11.6 Å². The second-order valence-electron chi connectivity index (χ2n) is 4.81. The molecule has 2 rings (SSSR count). The van der Waals surface area contributed by atoms with Crippen molar-refractivity contribution in [3.8, 4) is 0 Å². The Kier molecular flexibility index (Phi) is 4.09. The van der Waals surface area contributed by atoms with E-state index in [0.29, 0.717) is 16.3 Å². The topological polar surface area (TPSA) is 58.4 Å². The molecule has 3 N–H and O–H groups in total. The summed E-state index contributed by atoms with van der Waals surface area (Å²) in [5.41, 5.74) is 6.66. The maximum atomic E-state index is 12.1. The molecule has 1 atom stereocenters. The highest BCUT2D eigenvalue weighted by Crippen LogP contribution is 2.19. The zero-order chi connectivity index (χ0) is 13.1. The lowest BCUT2D eigenvalue weighted by Crippen LogP contribution is -2.46. The van der Waals surface area contributed by atoms with Gasteiger partial charge in [-0.15, -0.1) is 0 Å². The summed E-state index contributed by atoms with van der Waals surface area (Å²) in [6.07, 6.45) is 2.12. The summed E-state index contributed by atoms with van der Waals surface area (Å²) in [6.45, 7) is 1.98. The molecule has 0 radical (unpaired) electrons. The van der Waals surface area contributed by atoms with Gasteiger partial charge in [-0.3, -0.25) is 4.79 Å². The summed E-state index contributed by atoms with van der Waals surface area (Å²) >= 11 is 6.02. The van der Waals surface area contributed by atoms with Gasteiger partial charge in [0.05, 0.1) is 10.6 Å². The Bertz CT molecular complexity index is 450. The van der Waals surface area contributed by atoms with Crippen molar-refractivity contribution in [2.45, 2.75) is 18.9 Å². The average Bonchev–Trinajstić information content (AvgIpc) is 2.28. The predicted octanol–water partition coefficient (Wildman–Crippen LogP) is 1.75. The van der Waals surface area contributed by atoms with Gasteiger partial charge in [-0.05, 0) is 44.6 Å². The van der Waals surface area contributed by atoms with Gasteiger partial charge in [0.2, 0.25) is 0 Å². The fraction of sp³-hybridized carbons (Fsp3) is 0.462. The van der Waals surface area contributed by atoms with Crippen molar-refractivity contribution in [1.82, 2.24) is 10.2 Å². The normalized spacial score (nSPS) is 20.7. The molecule has 4 nitrogen and oxygen atoms in total. The van der Waals surface area contributed by atoms with Crippen LogP contribution >= 0.6 is 11.6 Å². The van der Waals surface area contributed by atoms with Crippen LogP contribution in [0.4, 0.5) is 5.69 Å². The number of nitrogens with two attached hydrogens (primary N) is 1. The number of hydrogen-bond acceptors (Lipinski definition) is 3. The highest BCUT2D eigenvalue weighted by atomic mass is 35.5. The van der Waals surface area contributed by atoms with Crippen molar-refractivity contribution < 1.29 is 4.79 Å². The second-order valence-corrected chi connectivity index (χ2v) is 5.22. The number of carbonyl (C=O) groups is 1. The number of nitrogen functional groups attached to an aromatic ring is 1. The summed E-state index contributed by atoms with van der Waals surface area (Å²) < 4.78 is 0. The number of nitrogens with zero attached hydrogens (tertiary/aromatic N) is 1. The van der Waals surface area contributed by atoms with Crippen LogP contribution < -0.4 is 11.1 Å². The first kappa shape index (κ1) is 13.2. The van der Waals surface area contributed by atoms with Crippen molar-refractivity contribution in [1.29, 1.82) is 0 Å². The minimum atomic E-state index is -0.125. The van der Waals surface area contributed by atoms with Crippen molar-refractivity contribution in [3.63, 3.8) is 0 Å². The molecule has 0 saturated carbocycles. The van der Waals surface area contributed by atoms with Gasteiger partial charge in [-0.2, -0.15) is 0 Å². The predicted molar refractivity (Wildman–Crippen MR) is 73.8 cm³/mol. The van der Waals surface area contributed by atoms with E-state index in [-0.39, 0.29) is 11.9 Å². The number of likely N-dealkylation sites (N-methyl/N-ethyl adjacent to an activating group) is 1. The van der Waals surface area contributed by atoms with Crippen molar-refractivity contribution >= 4 is 23.2 Å². The number of benzene rings is 1. The number of nitrogens with one attached hydrogen (secondary N) is 1. The highest BCUT2D eigenvalue weighted by molar-refractivity contribution is 6.34. The van der Waals surface area contributed by atoms with Gasteiger partial charge in [0.15, 0.2) is 0 Å². The number of carbonyl (C=O) groups excluding carboxylic acids is 1. The molecule has 0 aromatic heterocycles. The quantitative estimate of drug-likeness (QED) is 0.803. The Morgan fingerprint density at radius 1 is 1.56 bits per heavy atom. The van der Waals surface area contributed by atoms with E-state index in [4.69, 9.17) is 17.3 Å². The highest BCUT2D eigenvalue weighted by Gasteiger charge is 2.20. The lowest BCUT2D eigenvalue weighted by molar-refractivity contribution is 0.0912. The molecular weight excluding hydrogens is 250 g/mol. The summed E-state index contributed by atoms with van der Waals surface area (Å²) in [5, 5.41) is 3.42. The number of halogens is 1. The standard InChI is InChI=1S/C13H18ClN3O/c1-17-6-2-3-10(8-17)16-13(18)11-5-4-9(15)7-12(11)14/h4-5,7,10H,2-3,6,8,15H2,1H3,(H,16,18). The van der Waals surface area contributed by atoms with Gasteiger partial charge in [0, 0.05) is 18.3 Å². The molecule has 1 heterocycles. The van der Waals surface area contributed by atoms with Gasteiger partial charge < -0.3 is 16.0 Å². The van der Waals surface area contributed by atoms with Crippen molar-refractivity contribution in [2.24, 2.45) is 0 Å². The van der Waals surface area contributed by atoms with E-state index in [1.807, 2.05) is 0 Å². The summed E-state index contributed by atoms with van der Waals surface area (Å²) in [4.78, 5) is 14.3. The number of rotatable bonds is 2. The molecule has 1 saturated heterocycles. The van der Waals surface area contributed by atoms with Crippen molar-refractivity contribution in [2.75, 3.05) is 25.9 Å². The number of likely N-dealkylation sites (tertiary alicyclic amines) is 1. The first-order valence-electron chi connectivity index (χ1n) is 6.10. The minimum absolute atomic E-state index is 0.125. The SMILES string of the molecule is CN1CCCC(NC(=O)c2ccc(N)cc2Cl)C1. The third-order valence-electron chi connectivity index (χ3n) is 3.20. The largest absolute Gasteiger partial charge is 0.399 e. The van der Waals surface area contributed by atoms with E-state index < -0.39 is 0 Å². The van der Waals surface area contributed by atoms with E-state index >= 15 is 0 Å². The van der Waals surface area contributed by atoms with Crippen LogP contribution in [0, 0.1) is 0 Å². The van der Waals surface area contributed by atoms with Crippen LogP contribution in [0.25, 0.3) is 0 Å². The number of hydrogen-bond donors (Lipinski definition) is 2. The number of piperidine rings is 1. The van der Waals surface area contributed by atoms with Crippen LogP contribution in [0.2, 0.25) is 5.02 Å². The lowest BCUT2D eigenvalue weighted by atomic mass is 10.1. The van der Waals surface area contributed by atoms with Gasteiger partial charge in [0.25, 0.3) is 5.91 Å². The molecule has 5 heteroatoms. The number of anilines is 1. The molecule has 0 spiro atoms. The molecule has 1 aliphatic heterocycles. The summed E-state index contributed by atoms with van der Waals surface area (Å²) in [5.74, 6) is -0.125. The van der Waals surface area contributed by atoms with Crippen molar-refractivity contribution in [3.05, 3.63) is 28.8 Å². The molecule has 18 heavy (non-hydrogen) atoms.